The predicted molar refractivity (Wildman–Crippen MR) is 105 cm³/mol. The van der Waals surface area contributed by atoms with Gasteiger partial charge in [0.05, 0.1) is 6.54 Å². The van der Waals surface area contributed by atoms with E-state index in [1.807, 2.05) is 0 Å². The van der Waals surface area contributed by atoms with Gasteiger partial charge in [-0.15, -0.1) is 0 Å². The van der Waals surface area contributed by atoms with Gasteiger partial charge in [0.2, 0.25) is 0 Å². The molecule has 27 heavy (non-hydrogen) atoms. The highest BCUT2D eigenvalue weighted by Gasteiger charge is 2.11. The number of nitrogens with zero attached hydrogens (tertiary/aromatic N) is 2. The van der Waals surface area contributed by atoms with Crippen molar-refractivity contribution < 1.29 is 9.21 Å². The second-order valence-electron chi connectivity index (χ2n) is 6.71. The Bertz CT molecular complexity index is 776. The van der Waals surface area contributed by atoms with Gasteiger partial charge in [-0.2, -0.15) is 0 Å². The van der Waals surface area contributed by atoms with Crippen LogP contribution in [0.2, 0.25) is 0 Å². The first-order chi connectivity index (χ1) is 13.1. The van der Waals surface area contributed by atoms with Crippen LogP contribution >= 0.6 is 0 Å². The van der Waals surface area contributed by atoms with E-state index < -0.39 is 5.91 Å². The standard InChI is InChI=1S/C20H27N5O2/c1-22-20(24-13-17-8-9-18(27-17)19(21)26)23-12-15-4-6-16(7-5-15)14-25-10-2-3-11-25/h4-9H,2-3,10-14H2,1H3,(H2,21,26)(H2,22,23,24). The number of guanidine groups is 1. The molecule has 7 heteroatoms. The summed E-state index contributed by atoms with van der Waals surface area (Å²) >= 11 is 0. The van der Waals surface area contributed by atoms with Crippen molar-refractivity contribution in [3.8, 4) is 0 Å². The molecule has 1 fully saturated rings. The smallest absolute Gasteiger partial charge is 0.284 e. The molecule has 0 bridgehead atoms. The number of nitrogens with one attached hydrogen (secondary N) is 2. The zero-order chi connectivity index (χ0) is 19.1. The van der Waals surface area contributed by atoms with Crippen molar-refractivity contribution in [3.63, 3.8) is 0 Å². The first kappa shape index (κ1) is 19.0. The normalized spacial score (nSPS) is 15.1. The van der Waals surface area contributed by atoms with Crippen LogP contribution in [0.4, 0.5) is 0 Å². The molecule has 0 radical (unpaired) electrons. The molecular formula is C20H27N5O2. The number of benzene rings is 1. The van der Waals surface area contributed by atoms with Gasteiger partial charge in [0.25, 0.3) is 5.91 Å². The molecule has 7 nitrogen and oxygen atoms in total. The van der Waals surface area contributed by atoms with E-state index in [0.717, 1.165) is 6.54 Å². The molecule has 1 aromatic heterocycles. The second kappa shape index (κ2) is 9.23. The molecule has 1 aromatic carbocycles. The van der Waals surface area contributed by atoms with E-state index >= 15 is 0 Å². The van der Waals surface area contributed by atoms with Crippen LogP contribution < -0.4 is 16.4 Å². The van der Waals surface area contributed by atoms with Crippen LogP contribution in [0.25, 0.3) is 0 Å². The maximum absolute atomic E-state index is 11.1. The predicted octanol–water partition coefficient (Wildman–Crippen LogP) is 1.84. The Morgan fingerprint density at radius 2 is 1.74 bits per heavy atom. The number of amides is 1. The van der Waals surface area contributed by atoms with Crippen LogP contribution in [0.1, 0.15) is 40.3 Å². The minimum Gasteiger partial charge on any atom is -0.454 e. The van der Waals surface area contributed by atoms with E-state index in [-0.39, 0.29) is 5.76 Å². The highest BCUT2D eigenvalue weighted by Crippen LogP contribution is 2.13. The third-order valence-corrected chi connectivity index (χ3v) is 4.65. The van der Waals surface area contributed by atoms with Gasteiger partial charge in [-0.25, -0.2) is 0 Å². The van der Waals surface area contributed by atoms with Crippen LogP contribution in [-0.2, 0) is 19.6 Å². The monoisotopic (exact) mass is 369 g/mol. The Hall–Kier alpha value is -2.80. The van der Waals surface area contributed by atoms with Gasteiger partial charge in [-0.1, -0.05) is 24.3 Å². The summed E-state index contributed by atoms with van der Waals surface area (Å²) in [6.07, 6.45) is 2.63. The van der Waals surface area contributed by atoms with Crippen molar-refractivity contribution in [2.75, 3.05) is 20.1 Å². The highest BCUT2D eigenvalue weighted by molar-refractivity contribution is 5.89. The van der Waals surface area contributed by atoms with Gasteiger partial charge in [0.1, 0.15) is 5.76 Å². The molecule has 1 saturated heterocycles. The third kappa shape index (κ3) is 5.59. The van der Waals surface area contributed by atoms with E-state index in [0.29, 0.717) is 24.8 Å². The maximum atomic E-state index is 11.1. The highest BCUT2D eigenvalue weighted by atomic mass is 16.3. The number of nitrogens with two attached hydrogens (primary N) is 1. The number of primary amides is 1. The van der Waals surface area contributed by atoms with Gasteiger partial charge in [0, 0.05) is 20.1 Å². The number of aliphatic imine (C=N–C) groups is 1. The molecule has 0 unspecified atom stereocenters. The lowest BCUT2D eigenvalue weighted by Crippen LogP contribution is -2.36. The SMILES string of the molecule is CN=C(NCc1ccc(CN2CCCC2)cc1)NCc1ccc(C(N)=O)o1. The molecule has 1 aliphatic heterocycles. The van der Waals surface area contributed by atoms with Gasteiger partial charge < -0.3 is 20.8 Å². The molecule has 3 rings (SSSR count). The van der Waals surface area contributed by atoms with Gasteiger partial charge in [0.15, 0.2) is 11.7 Å². The van der Waals surface area contributed by atoms with Crippen LogP contribution in [-0.4, -0.2) is 36.9 Å². The average Bonchev–Trinajstić information content (AvgIpc) is 3.35. The number of hydrogen-bond acceptors (Lipinski definition) is 4. The van der Waals surface area contributed by atoms with Gasteiger partial charge >= 0.3 is 0 Å². The fraction of sp³-hybridized carbons (Fsp3) is 0.400. The van der Waals surface area contributed by atoms with Crippen molar-refractivity contribution in [1.82, 2.24) is 15.5 Å². The summed E-state index contributed by atoms with van der Waals surface area (Å²) in [5.41, 5.74) is 7.73. The van der Waals surface area contributed by atoms with Crippen molar-refractivity contribution >= 4 is 11.9 Å². The van der Waals surface area contributed by atoms with Gasteiger partial charge in [-0.3, -0.25) is 14.7 Å². The molecule has 1 aliphatic rings. The van der Waals surface area contributed by atoms with E-state index in [1.54, 1.807) is 19.2 Å². The summed E-state index contributed by atoms with van der Waals surface area (Å²) in [5.74, 6) is 0.867. The Labute approximate surface area is 159 Å². The van der Waals surface area contributed by atoms with Crippen molar-refractivity contribution in [3.05, 3.63) is 59.0 Å². The number of furan rings is 1. The lowest BCUT2D eigenvalue weighted by atomic mass is 10.1. The number of hydrogen-bond donors (Lipinski definition) is 3. The zero-order valence-corrected chi connectivity index (χ0v) is 15.7. The summed E-state index contributed by atoms with van der Waals surface area (Å²) in [6, 6.07) is 12.0. The molecule has 144 valence electrons. The number of carbonyl (C=O) groups is 1. The minimum atomic E-state index is -0.572. The average molecular weight is 369 g/mol. The molecule has 2 aromatic rings. The summed E-state index contributed by atoms with van der Waals surface area (Å²) < 4.78 is 5.35. The Balaban J connectivity index is 1.45. The number of carbonyl (C=O) groups excluding carboxylic acids is 1. The molecule has 0 aliphatic carbocycles. The van der Waals surface area contributed by atoms with Crippen LogP contribution in [0.5, 0.6) is 0 Å². The van der Waals surface area contributed by atoms with E-state index in [1.165, 1.54) is 37.1 Å². The minimum absolute atomic E-state index is 0.156. The zero-order valence-electron chi connectivity index (χ0n) is 15.7. The van der Waals surface area contributed by atoms with E-state index in [2.05, 4.69) is 44.8 Å². The topological polar surface area (TPSA) is 95.9 Å². The van der Waals surface area contributed by atoms with Crippen molar-refractivity contribution in [2.45, 2.75) is 32.5 Å². The van der Waals surface area contributed by atoms with Crippen LogP contribution in [0.3, 0.4) is 0 Å². The largest absolute Gasteiger partial charge is 0.454 e. The van der Waals surface area contributed by atoms with Crippen LogP contribution in [0, 0.1) is 0 Å². The summed E-state index contributed by atoms with van der Waals surface area (Å²) in [7, 11) is 1.71. The second-order valence-corrected chi connectivity index (χ2v) is 6.71. The number of likely N-dealkylation sites (tertiary alicyclic amines) is 1. The van der Waals surface area contributed by atoms with Crippen molar-refractivity contribution in [1.29, 1.82) is 0 Å². The summed E-state index contributed by atoms with van der Waals surface area (Å²) in [5, 5.41) is 6.43. The first-order valence-electron chi connectivity index (χ1n) is 9.27. The molecule has 2 heterocycles. The lowest BCUT2D eigenvalue weighted by Gasteiger charge is -2.15. The fourth-order valence-corrected chi connectivity index (χ4v) is 3.14. The quantitative estimate of drug-likeness (QED) is 0.511. The maximum Gasteiger partial charge on any atom is 0.284 e. The molecule has 1 amide bonds. The Morgan fingerprint density at radius 3 is 2.37 bits per heavy atom. The molecule has 0 spiro atoms. The van der Waals surface area contributed by atoms with Crippen LogP contribution in [0.15, 0.2) is 45.8 Å². The number of rotatable bonds is 7. The van der Waals surface area contributed by atoms with Gasteiger partial charge in [-0.05, 0) is 49.2 Å². The third-order valence-electron chi connectivity index (χ3n) is 4.65. The first-order valence-corrected chi connectivity index (χ1v) is 9.27. The van der Waals surface area contributed by atoms with Crippen molar-refractivity contribution in [2.24, 2.45) is 10.7 Å². The summed E-state index contributed by atoms with van der Waals surface area (Å²) in [6.45, 7) is 4.55. The Morgan fingerprint density at radius 1 is 1.07 bits per heavy atom. The molecule has 0 atom stereocenters. The summed E-state index contributed by atoms with van der Waals surface area (Å²) in [4.78, 5) is 17.8. The molecule has 0 saturated carbocycles. The van der Waals surface area contributed by atoms with E-state index in [9.17, 15) is 4.79 Å². The van der Waals surface area contributed by atoms with E-state index in [4.69, 9.17) is 10.2 Å². The lowest BCUT2D eigenvalue weighted by molar-refractivity contribution is 0.0972. The molecular weight excluding hydrogens is 342 g/mol. The Kier molecular flexibility index (Phi) is 6.49. The molecule has 4 N–H and O–H groups in total. The fourth-order valence-electron chi connectivity index (χ4n) is 3.14.